The first-order valence-corrected chi connectivity index (χ1v) is 6.12. The third-order valence-electron chi connectivity index (χ3n) is 4.15. The number of hydrogen-bond acceptors (Lipinski definition) is 2. The lowest BCUT2D eigenvalue weighted by Gasteiger charge is -2.26. The van der Waals surface area contributed by atoms with Gasteiger partial charge in [-0.15, -0.1) is 0 Å². The summed E-state index contributed by atoms with van der Waals surface area (Å²) in [4.78, 5) is 2.46. The zero-order valence-corrected chi connectivity index (χ0v) is 9.34. The molecule has 0 aromatic rings. The summed E-state index contributed by atoms with van der Waals surface area (Å²) in [7, 11) is 2.22. The Bertz CT molecular complexity index is 187. The Hall–Kier alpha value is -0.0800. The van der Waals surface area contributed by atoms with Gasteiger partial charge in [0, 0.05) is 6.04 Å². The molecule has 2 heteroatoms. The van der Waals surface area contributed by atoms with Crippen molar-refractivity contribution in [1.82, 2.24) is 4.90 Å². The van der Waals surface area contributed by atoms with Gasteiger partial charge >= 0.3 is 0 Å². The molecule has 0 bridgehead atoms. The quantitative estimate of drug-likeness (QED) is 0.749. The number of likely N-dealkylation sites (tertiary alicyclic amines) is 1. The van der Waals surface area contributed by atoms with E-state index < -0.39 is 0 Å². The number of hydrogen-bond donors (Lipinski definition) is 1. The highest BCUT2D eigenvalue weighted by atomic mass is 16.3. The van der Waals surface area contributed by atoms with Crippen LogP contribution in [-0.4, -0.2) is 35.2 Å². The number of rotatable bonds is 3. The fourth-order valence-electron chi connectivity index (χ4n) is 3.06. The van der Waals surface area contributed by atoms with Gasteiger partial charge in [0.15, 0.2) is 0 Å². The van der Waals surface area contributed by atoms with E-state index in [-0.39, 0.29) is 5.60 Å². The molecule has 1 N–H and O–H groups in total. The van der Waals surface area contributed by atoms with E-state index in [1.165, 1.54) is 38.6 Å². The Balaban J connectivity index is 1.75. The van der Waals surface area contributed by atoms with E-state index >= 15 is 0 Å². The molecule has 1 aliphatic carbocycles. The molecule has 1 saturated carbocycles. The number of aliphatic hydroxyl groups is 1. The molecule has 1 saturated heterocycles. The first kappa shape index (κ1) is 10.4. The maximum Gasteiger partial charge on any atom is 0.0648 e. The maximum atomic E-state index is 10.2. The molecule has 0 aromatic carbocycles. The van der Waals surface area contributed by atoms with Crippen molar-refractivity contribution in [2.24, 2.45) is 0 Å². The summed E-state index contributed by atoms with van der Waals surface area (Å²) in [5, 5.41) is 10.2. The van der Waals surface area contributed by atoms with E-state index in [1.54, 1.807) is 0 Å². The molecule has 14 heavy (non-hydrogen) atoms. The van der Waals surface area contributed by atoms with Gasteiger partial charge in [-0.3, -0.25) is 0 Å². The normalized spacial score (nSPS) is 32.6. The number of nitrogens with zero attached hydrogens (tertiary/aromatic N) is 1. The summed E-state index contributed by atoms with van der Waals surface area (Å²) in [6, 6.07) is 0.750. The highest BCUT2D eigenvalue weighted by Crippen LogP contribution is 2.35. The summed E-state index contributed by atoms with van der Waals surface area (Å²) >= 11 is 0. The molecule has 1 unspecified atom stereocenters. The molecule has 2 fully saturated rings. The molecule has 0 aromatic heterocycles. The Morgan fingerprint density at radius 1 is 1.29 bits per heavy atom. The molecule has 0 spiro atoms. The predicted octanol–water partition coefficient (Wildman–Crippen LogP) is 2.17. The van der Waals surface area contributed by atoms with Crippen molar-refractivity contribution in [3.63, 3.8) is 0 Å². The summed E-state index contributed by atoms with van der Waals surface area (Å²) in [6.07, 6.45) is 9.47. The van der Waals surface area contributed by atoms with Gasteiger partial charge in [0.1, 0.15) is 0 Å². The van der Waals surface area contributed by atoms with Crippen LogP contribution >= 0.6 is 0 Å². The van der Waals surface area contributed by atoms with Crippen LogP contribution in [-0.2, 0) is 0 Å². The Morgan fingerprint density at radius 2 is 2.00 bits per heavy atom. The van der Waals surface area contributed by atoms with Crippen molar-refractivity contribution in [2.45, 2.75) is 63.0 Å². The lowest BCUT2D eigenvalue weighted by Crippen LogP contribution is -2.30. The Morgan fingerprint density at radius 3 is 2.57 bits per heavy atom. The lowest BCUT2D eigenvalue weighted by molar-refractivity contribution is 0.0309. The molecule has 0 amide bonds. The first-order chi connectivity index (χ1) is 6.70. The van der Waals surface area contributed by atoms with Gasteiger partial charge in [-0.05, 0) is 52.1 Å². The van der Waals surface area contributed by atoms with E-state index in [1.807, 2.05) is 0 Å². The van der Waals surface area contributed by atoms with Gasteiger partial charge < -0.3 is 10.0 Å². The van der Waals surface area contributed by atoms with Crippen LogP contribution in [0.2, 0.25) is 0 Å². The maximum absolute atomic E-state index is 10.2. The standard InChI is InChI=1S/C12H23NO/c1-13-10-4-5-11(13)6-9-12(14)7-2-3-8-12/h11,14H,2-10H2,1H3. The van der Waals surface area contributed by atoms with Crippen molar-refractivity contribution in [3.05, 3.63) is 0 Å². The van der Waals surface area contributed by atoms with Crippen LogP contribution in [0, 0.1) is 0 Å². The Kier molecular flexibility index (Phi) is 3.13. The van der Waals surface area contributed by atoms with Crippen LogP contribution in [0.15, 0.2) is 0 Å². The fourth-order valence-corrected chi connectivity index (χ4v) is 3.06. The van der Waals surface area contributed by atoms with Crippen LogP contribution < -0.4 is 0 Å². The summed E-state index contributed by atoms with van der Waals surface area (Å²) in [5.41, 5.74) is -0.288. The molecule has 2 nitrogen and oxygen atoms in total. The van der Waals surface area contributed by atoms with Crippen molar-refractivity contribution in [3.8, 4) is 0 Å². The fraction of sp³-hybridized carbons (Fsp3) is 1.00. The van der Waals surface area contributed by atoms with Gasteiger partial charge in [-0.1, -0.05) is 12.8 Å². The third kappa shape index (κ3) is 2.29. The average molecular weight is 197 g/mol. The van der Waals surface area contributed by atoms with Crippen molar-refractivity contribution >= 4 is 0 Å². The second kappa shape index (κ2) is 4.19. The molecule has 1 heterocycles. The van der Waals surface area contributed by atoms with Crippen LogP contribution in [0.1, 0.15) is 51.4 Å². The van der Waals surface area contributed by atoms with Crippen molar-refractivity contribution in [1.29, 1.82) is 0 Å². The van der Waals surface area contributed by atoms with Gasteiger partial charge in [-0.2, -0.15) is 0 Å². The van der Waals surface area contributed by atoms with E-state index in [0.717, 1.165) is 25.3 Å². The molecule has 1 aliphatic heterocycles. The minimum atomic E-state index is -0.288. The zero-order chi connectivity index (χ0) is 10.0. The Labute approximate surface area is 87.3 Å². The van der Waals surface area contributed by atoms with Gasteiger partial charge in [0.05, 0.1) is 5.60 Å². The van der Waals surface area contributed by atoms with Gasteiger partial charge in [0.2, 0.25) is 0 Å². The highest BCUT2D eigenvalue weighted by molar-refractivity contribution is 4.87. The topological polar surface area (TPSA) is 23.5 Å². The molecule has 82 valence electrons. The van der Waals surface area contributed by atoms with Crippen LogP contribution in [0.4, 0.5) is 0 Å². The van der Waals surface area contributed by atoms with E-state index in [9.17, 15) is 5.11 Å². The second-order valence-electron chi connectivity index (χ2n) is 5.25. The lowest BCUT2D eigenvalue weighted by atomic mass is 9.93. The van der Waals surface area contributed by atoms with Crippen molar-refractivity contribution in [2.75, 3.05) is 13.6 Å². The monoisotopic (exact) mass is 197 g/mol. The van der Waals surface area contributed by atoms with Crippen LogP contribution in [0.5, 0.6) is 0 Å². The molecule has 0 radical (unpaired) electrons. The molecular formula is C12H23NO. The SMILES string of the molecule is CN1CCCC1CCC1(O)CCCC1. The van der Waals surface area contributed by atoms with E-state index in [0.29, 0.717) is 0 Å². The minimum absolute atomic E-state index is 0.288. The van der Waals surface area contributed by atoms with Crippen molar-refractivity contribution < 1.29 is 5.11 Å². The summed E-state index contributed by atoms with van der Waals surface area (Å²) in [5.74, 6) is 0. The average Bonchev–Trinajstić information content (AvgIpc) is 2.73. The van der Waals surface area contributed by atoms with Crippen LogP contribution in [0.25, 0.3) is 0 Å². The van der Waals surface area contributed by atoms with Gasteiger partial charge in [0.25, 0.3) is 0 Å². The molecule has 2 aliphatic rings. The smallest absolute Gasteiger partial charge is 0.0648 e. The molecule has 1 atom stereocenters. The summed E-state index contributed by atoms with van der Waals surface area (Å²) < 4.78 is 0. The van der Waals surface area contributed by atoms with Gasteiger partial charge in [-0.25, -0.2) is 0 Å². The third-order valence-corrected chi connectivity index (χ3v) is 4.15. The molecule has 2 rings (SSSR count). The zero-order valence-electron chi connectivity index (χ0n) is 9.34. The van der Waals surface area contributed by atoms with Crippen LogP contribution in [0.3, 0.4) is 0 Å². The summed E-state index contributed by atoms with van der Waals surface area (Å²) in [6.45, 7) is 1.25. The first-order valence-electron chi connectivity index (χ1n) is 6.12. The largest absolute Gasteiger partial charge is 0.390 e. The van der Waals surface area contributed by atoms with E-state index in [2.05, 4.69) is 11.9 Å². The second-order valence-corrected chi connectivity index (χ2v) is 5.25. The predicted molar refractivity (Wildman–Crippen MR) is 58.3 cm³/mol. The minimum Gasteiger partial charge on any atom is -0.390 e. The van der Waals surface area contributed by atoms with E-state index in [4.69, 9.17) is 0 Å². The highest BCUT2D eigenvalue weighted by Gasteiger charge is 2.32. The molecular weight excluding hydrogens is 174 g/mol.